The number of nitrogens with two attached hydrogens (primary N) is 1. The molecule has 0 unspecified atom stereocenters. The van der Waals surface area contributed by atoms with Gasteiger partial charge in [-0.3, -0.25) is 0 Å². The van der Waals surface area contributed by atoms with Crippen LogP contribution in [0.5, 0.6) is 0 Å². The monoisotopic (exact) mass is 296 g/mol. The lowest BCUT2D eigenvalue weighted by atomic mass is 10.1. The molecule has 110 valence electrons. The zero-order chi connectivity index (χ0) is 14.4. The van der Waals surface area contributed by atoms with Gasteiger partial charge in [-0.1, -0.05) is 54.6 Å². The first-order valence-electron chi connectivity index (χ1n) is 7.08. The number of rotatable bonds is 4. The van der Waals surface area contributed by atoms with E-state index in [9.17, 15) is 0 Å². The van der Waals surface area contributed by atoms with Gasteiger partial charge < -0.3 is 15.7 Å². The third-order valence-corrected chi connectivity index (χ3v) is 4.09. The first-order valence-corrected chi connectivity index (χ1v) is 7.46. The van der Waals surface area contributed by atoms with Crippen LogP contribution >= 0.6 is 11.6 Å². The van der Waals surface area contributed by atoms with Crippen LogP contribution in [0.1, 0.15) is 49.7 Å². The Morgan fingerprint density at radius 1 is 1.30 bits per heavy atom. The predicted molar refractivity (Wildman–Crippen MR) is 80.2 cm³/mol. The number of nitrogens with zero attached hydrogens (tertiary/aromatic N) is 1. The number of hydrogen-bond donors (Lipinski definition) is 2. The molecule has 5 heteroatoms. The lowest BCUT2D eigenvalue weighted by Crippen LogP contribution is -2.14. The van der Waals surface area contributed by atoms with Crippen molar-refractivity contribution >= 4 is 17.4 Å². The van der Waals surface area contributed by atoms with Crippen LogP contribution < -0.4 is 5.73 Å². The average molecular weight is 297 g/mol. The predicted octanol–water partition coefficient (Wildman–Crippen LogP) is 3.67. The van der Waals surface area contributed by atoms with Gasteiger partial charge in [0.05, 0.1) is 12.7 Å². The topological polar surface area (TPSA) is 67.8 Å². The Balaban J connectivity index is 1.95. The van der Waals surface area contributed by atoms with Gasteiger partial charge in [0.15, 0.2) is 5.84 Å². The van der Waals surface area contributed by atoms with Crippen LogP contribution in [0, 0.1) is 0 Å². The molecule has 2 rings (SSSR count). The molecule has 20 heavy (non-hydrogen) atoms. The number of oxime groups is 1. The van der Waals surface area contributed by atoms with Gasteiger partial charge in [0, 0.05) is 10.6 Å². The molecule has 0 radical (unpaired) electrons. The summed E-state index contributed by atoms with van der Waals surface area (Å²) in [6, 6.07) is 5.35. The third-order valence-electron chi connectivity index (χ3n) is 3.73. The van der Waals surface area contributed by atoms with Crippen molar-refractivity contribution in [2.75, 3.05) is 0 Å². The van der Waals surface area contributed by atoms with E-state index >= 15 is 0 Å². The minimum atomic E-state index is 0.0585. The molecular formula is C15H21ClN2O2. The van der Waals surface area contributed by atoms with Crippen molar-refractivity contribution < 1.29 is 9.94 Å². The zero-order valence-electron chi connectivity index (χ0n) is 11.5. The van der Waals surface area contributed by atoms with Gasteiger partial charge in [-0.2, -0.15) is 0 Å². The Morgan fingerprint density at radius 2 is 2.00 bits per heavy atom. The fourth-order valence-corrected chi connectivity index (χ4v) is 2.73. The molecule has 1 aliphatic rings. The van der Waals surface area contributed by atoms with Crippen molar-refractivity contribution in [1.82, 2.24) is 0 Å². The summed E-state index contributed by atoms with van der Waals surface area (Å²) < 4.78 is 5.96. The zero-order valence-corrected chi connectivity index (χ0v) is 12.3. The highest BCUT2D eigenvalue weighted by Gasteiger charge is 2.13. The Morgan fingerprint density at radius 3 is 2.60 bits per heavy atom. The first-order chi connectivity index (χ1) is 9.70. The second kappa shape index (κ2) is 7.50. The van der Waals surface area contributed by atoms with Crippen molar-refractivity contribution in [3.63, 3.8) is 0 Å². The minimum absolute atomic E-state index is 0.0585. The Hall–Kier alpha value is -1.26. The van der Waals surface area contributed by atoms with Crippen molar-refractivity contribution in [2.24, 2.45) is 10.9 Å². The van der Waals surface area contributed by atoms with Gasteiger partial charge in [-0.05, 0) is 24.5 Å². The van der Waals surface area contributed by atoms with E-state index in [1.165, 1.54) is 25.7 Å². The molecule has 1 aromatic carbocycles. The van der Waals surface area contributed by atoms with E-state index in [0.717, 1.165) is 18.4 Å². The first kappa shape index (κ1) is 15.1. The summed E-state index contributed by atoms with van der Waals surface area (Å²) in [5.41, 5.74) is 7.07. The fourth-order valence-electron chi connectivity index (χ4n) is 2.50. The van der Waals surface area contributed by atoms with Gasteiger partial charge in [0.25, 0.3) is 0 Å². The summed E-state index contributed by atoms with van der Waals surface area (Å²) in [5.74, 6) is 0.0585. The molecule has 0 aliphatic heterocycles. The van der Waals surface area contributed by atoms with Crippen LogP contribution in [0.4, 0.5) is 0 Å². The molecule has 0 bridgehead atoms. The molecule has 1 saturated carbocycles. The van der Waals surface area contributed by atoms with Crippen LogP contribution in [-0.2, 0) is 11.3 Å². The minimum Gasteiger partial charge on any atom is -0.409 e. The summed E-state index contributed by atoms with van der Waals surface area (Å²) >= 11 is 6.21. The van der Waals surface area contributed by atoms with Crippen molar-refractivity contribution in [3.8, 4) is 0 Å². The molecule has 1 aliphatic carbocycles. The summed E-state index contributed by atoms with van der Waals surface area (Å²) in [7, 11) is 0. The van der Waals surface area contributed by atoms with Crippen molar-refractivity contribution in [2.45, 2.75) is 51.2 Å². The van der Waals surface area contributed by atoms with Crippen molar-refractivity contribution in [1.29, 1.82) is 0 Å². The lowest BCUT2D eigenvalue weighted by Gasteiger charge is -2.16. The molecule has 4 nitrogen and oxygen atoms in total. The van der Waals surface area contributed by atoms with Crippen LogP contribution in [0.2, 0.25) is 5.02 Å². The maximum atomic E-state index is 8.64. The number of benzene rings is 1. The second-order valence-corrected chi connectivity index (χ2v) is 5.62. The SMILES string of the molecule is N/C(=N/O)c1ccc(COC2CCCCCC2)c(Cl)c1. The van der Waals surface area contributed by atoms with Gasteiger partial charge >= 0.3 is 0 Å². The number of amidine groups is 1. The molecule has 0 heterocycles. The third kappa shape index (κ3) is 4.12. The summed E-state index contributed by atoms with van der Waals surface area (Å²) in [5, 5.41) is 12.2. The highest BCUT2D eigenvalue weighted by atomic mass is 35.5. The lowest BCUT2D eigenvalue weighted by molar-refractivity contribution is 0.0310. The van der Waals surface area contributed by atoms with Gasteiger partial charge in [0.2, 0.25) is 0 Å². The Labute approximate surface area is 124 Å². The van der Waals surface area contributed by atoms with E-state index in [0.29, 0.717) is 23.3 Å². The Bertz CT molecular complexity index is 469. The number of halogens is 1. The maximum Gasteiger partial charge on any atom is 0.170 e. The molecular weight excluding hydrogens is 276 g/mol. The second-order valence-electron chi connectivity index (χ2n) is 5.22. The molecule has 0 atom stereocenters. The van der Waals surface area contributed by atoms with E-state index in [1.54, 1.807) is 12.1 Å². The summed E-state index contributed by atoms with van der Waals surface area (Å²) in [6.45, 7) is 0.514. The number of ether oxygens (including phenoxy) is 1. The van der Waals surface area contributed by atoms with Crippen LogP contribution in [0.15, 0.2) is 23.4 Å². The van der Waals surface area contributed by atoms with Crippen molar-refractivity contribution in [3.05, 3.63) is 34.3 Å². The molecule has 0 aromatic heterocycles. The average Bonchev–Trinajstić information content (AvgIpc) is 2.73. The molecule has 0 saturated heterocycles. The smallest absolute Gasteiger partial charge is 0.170 e. The molecule has 1 fully saturated rings. The highest BCUT2D eigenvalue weighted by molar-refractivity contribution is 6.31. The Kier molecular flexibility index (Phi) is 5.68. The van der Waals surface area contributed by atoms with Crippen LogP contribution in [-0.4, -0.2) is 17.1 Å². The van der Waals surface area contributed by atoms with E-state index in [-0.39, 0.29) is 5.84 Å². The molecule has 3 N–H and O–H groups in total. The molecule has 1 aromatic rings. The maximum absolute atomic E-state index is 8.64. The fraction of sp³-hybridized carbons (Fsp3) is 0.533. The van der Waals surface area contributed by atoms with E-state index in [2.05, 4.69) is 5.16 Å². The molecule has 0 amide bonds. The van der Waals surface area contributed by atoms with Crippen LogP contribution in [0.25, 0.3) is 0 Å². The standard InChI is InChI=1S/C15H21ClN2O2/c16-14-9-11(15(17)18-19)7-8-12(14)10-20-13-5-3-1-2-4-6-13/h7-9,13,19H,1-6,10H2,(H2,17,18). The summed E-state index contributed by atoms with van der Waals surface area (Å²) in [6.07, 6.45) is 7.75. The van der Waals surface area contributed by atoms with Crippen LogP contribution in [0.3, 0.4) is 0 Å². The summed E-state index contributed by atoms with van der Waals surface area (Å²) in [4.78, 5) is 0. The quantitative estimate of drug-likeness (QED) is 0.293. The normalized spacial score (nSPS) is 17.9. The van der Waals surface area contributed by atoms with E-state index < -0.39 is 0 Å². The highest BCUT2D eigenvalue weighted by Crippen LogP contribution is 2.23. The van der Waals surface area contributed by atoms with Gasteiger partial charge in [-0.25, -0.2) is 0 Å². The van der Waals surface area contributed by atoms with E-state index in [1.807, 2.05) is 6.07 Å². The van der Waals surface area contributed by atoms with Gasteiger partial charge in [-0.15, -0.1) is 0 Å². The van der Waals surface area contributed by atoms with E-state index in [4.69, 9.17) is 27.3 Å². The largest absolute Gasteiger partial charge is 0.409 e. The van der Waals surface area contributed by atoms with Gasteiger partial charge in [0.1, 0.15) is 0 Å². The number of hydrogen-bond acceptors (Lipinski definition) is 3. The molecule has 0 spiro atoms.